The van der Waals surface area contributed by atoms with Crippen molar-refractivity contribution in [2.24, 2.45) is 0 Å². The molecule has 4 rings (SSSR count). The van der Waals surface area contributed by atoms with E-state index in [1.807, 2.05) is 65.8 Å². The molecule has 114 valence electrons. The molecule has 0 saturated carbocycles. The fourth-order valence-electron chi connectivity index (χ4n) is 2.90. The van der Waals surface area contributed by atoms with Crippen LogP contribution in [-0.4, -0.2) is 21.3 Å². The zero-order chi connectivity index (χ0) is 15.8. The molecule has 0 saturated heterocycles. The predicted octanol–water partition coefficient (Wildman–Crippen LogP) is 4.01. The van der Waals surface area contributed by atoms with E-state index in [-0.39, 0.29) is 0 Å². The van der Waals surface area contributed by atoms with E-state index in [4.69, 9.17) is 0 Å². The summed E-state index contributed by atoms with van der Waals surface area (Å²) in [6, 6.07) is 17.9. The predicted molar refractivity (Wildman–Crippen MR) is 92.8 cm³/mol. The van der Waals surface area contributed by atoms with Crippen molar-refractivity contribution >= 4 is 23.1 Å². The van der Waals surface area contributed by atoms with Gasteiger partial charge < -0.3 is 10.0 Å². The highest BCUT2D eigenvalue weighted by Crippen LogP contribution is 2.46. The molecular weight excluding hydrogens is 306 g/mol. The number of fused-ring (bicyclic) bond motifs is 3. The summed E-state index contributed by atoms with van der Waals surface area (Å²) in [5.74, 6) is 0. The summed E-state index contributed by atoms with van der Waals surface area (Å²) in [5.41, 5.74) is 4.43. The molecule has 4 nitrogen and oxygen atoms in total. The molecule has 23 heavy (non-hydrogen) atoms. The topological polar surface area (TPSA) is 49.2 Å². The number of benzene rings is 2. The van der Waals surface area contributed by atoms with E-state index in [1.165, 1.54) is 11.8 Å². The number of aliphatic hydroxyl groups excluding tert-OH is 1. The number of hydrogen-bond acceptors (Lipinski definition) is 5. The van der Waals surface area contributed by atoms with Crippen molar-refractivity contribution in [3.05, 3.63) is 66.4 Å². The third-order valence-electron chi connectivity index (χ3n) is 3.95. The summed E-state index contributed by atoms with van der Waals surface area (Å²) >= 11 is 1.50. The number of anilines is 2. The molecular formula is C18H15N3OS. The van der Waals surface area contributed by atoms with E-state index in [2.05, 4.69) is 9.97 Å². The zero-order valence-electron chi connectivity index (χ0n) is 12.5. The quantitative estimate of drug-likeness (QED) is 0.571. The summed E-state index contributed by atoms with van der Waals surface area (Å²) in [4.78, 5) is 10.9. The fourth-order valence-corrected chi connectivity index (χ4v) is 3.24. The molecule has 2 aromatic carbocycles. The van der Waals surface area contributed by atoms with Gasteiger partial charge in [0, 0.05) is 23.0 Å². The minimum absolute atomic E-state index is 0.707. The van der Waals surface area contributed by atoms with Crippen molar-refractivity contribution in [2.45, 2.75) is 11.4 Å². The molecule has 1 aliphatic heterocycles. The van der Waals surface area contributed by atoms with Gasteiger partial charge in [-0.2, -0.15) is 0 Å². The van der Waals surface area contributed by atoms with Gasteiger partial charge in [-0.25, -0.2) is 9.97 Å². The van der Waals surface area contributed by atoms with Crippen LogP contribution in [0.25, 0.3) is 11.3 Å². The van der Waals surface area contributed by atoms with Crippen molar-refractivity contribution < 1.29 is 5.11 Å². The lowest BCUT2D eigenvalue weighted by molar-refractivity contribution is 0.182. The smallest absolute Gasteiger partial charge is 0.187 e. The van der Waals surface area contributed by atoms with E-state index in [0.29, 0.717) is 5.16 Å². The molecule has 1 unspecified atom stereocenters. The summed E-state index contributed by atoms with van der Waals surface area (Å²) in [6.07, 6.45) is 2.87. The average Bonchev–Trinajstić information content (AvgIpc) is 2.62. The van der Waals surface area contributed by atoms with E-state index in [1.54, 1.807) is 6.20 Å². The molecule has 1 atom stereocenters. The van der Waals surface area contributed by atoms with Gasteiger partial charge in [0.15, 0.2) is 11.4 Å². The van der Waals surface area contributed by atoms with Crippen molar-refractivity contribution in [3.63, 3.8) is 0 Å². The number of nitrogens with zero attached hydrogens (tertiary/aromatic N) is 3. The Bertz CT molecular complexity index is 854. The molecule has 3 aromatic rings. The first-order valence-corrected chi connectivity index (χ1v) is 8.55. The second-order valence-electron chi connectivity index (χ2n) is 5.26. The van der Waals surface area contributed by atoms with Gasteiger partial charge in [-0.1, -0.05) is 48.2 Å². The van der Waals surface area contributed by atoms with E-state index >= 15 is 0 Å². The molecule has 1 aliphatic rings. The third kappa shape index (κ3) is 2.29. The second kappa shape index (κ2) is 5.68. The van der Waals surface area contributed by atoms with Gasteiger partial charge in [-0.05, 0) is 24.5 Å². The number of aromatic nitrogens is 2. The van der Waals surface area contributed by atoms with Gasteiger partial charge in [0.1, 0.15) is 0 Å². The van der Waals surface area contributed by atoms with Gasteiger partial charge in [0.05, 0.1) is 11.4 Å². The minimum atomic E-state index is -0.807. The fraction of sp³-hybridized carbons (Fsp3) is 0.111. The molecule has 0 aliphatic carbocycles. The highest BCUT2D eigenvalue weighted by atomic mass is 32.2. The molecule has 0 radical (unpaired) electrons. The molecule has 1 N–H and O–H groups in total. The van der Waals surface area contributed by atoms with Crippen LogP contribution < -0.4 is 4.90 Å². The van der Waals surface area contributed by atoms with Crippen LogP contribution in [0.5, 0.6) is 0 Å². The maximum atomic E-state index is 10.9. The Hall–Kier alpha value is -2.37. The Morgan fingerprint density at radius 3 is 2.57 bits per heavy atom. The van der Waals surface area contributed by atoms with Crippen LogP contribution in [0.2, 0.25) is 0 Å². The maximum Gasteiger partial charge on any atom is 0.187 e. The molecule has 0 fully saturated rings. The number of hydrogen-bond donors (Lipinski definition) is 1. The van der Waals surface area contributed by atoms with Crippen molar-refractivity contribution in [2.75, 3.05) is 11.2 Å². The van der Waals surface area contributed by atoms with Gasteiger partial charge in [0.2, 0.25) is 0 Å². The maximum absolute atomic E-state index is 10.9. The monoisotopic (exact) mass is 321 g/mol. The van der Waals surface area contributed by atoms with Gasteiger partial charge in [0.25, 0.3) is 0 Å². The number of rotatable bonds is 2. The molecule has 0 bridgehead atoms. The van der Waals surface area contributed by atoms with Crippen LogP contribution in [0.1, 0.15) is 11.8 Å². The molecule has 5 heteroatoms. The highest BCUT2D eigenvalue weighted by molar-refractivity contribution is 7.98. The first kappa shape index (κ1) is 14.2. The van der Waals surface area contributed by atoms with Crippen LogP contribution in [0.3, 0.4) is 0 Å². The Kier molecular flexibility index (Phi) is 3.52. The molecule has 0 spiro atoms. The summed E-state index contributed by atoms with van der Waals surface area (Å²) in [6.45, 7) is 0. The third-order valence-corrected chi connectivity index (χ3v) is 4.52. The zero-order valence-corrected chi connectivity index (χ0v) is 13.4. The number of aliphatic hydroxyl groups is 1. The Morgan fingerprint density at radius 2 is 1.78 bits per heavy atom. The second-order valence-corrected chi connectivity index (χ2v) is 6.03. The van der Waals surface area contributed by atoms with Crippen molar-refractivity contribution in [3.8, 4) is 11.3 Å². The molecule has 1 aromatic heterocycles. The van der Waals surface area contributed by atoms with Crippen LogP contribution in [0, 0.1) is 0 Å². The first-order valence-electron chi connectivity index (χ1n) is 7.32. The van der Waals surface area contributed by atoms with E-state index in [0.717, 1.165) is 28.2 Å². The molecule has 0 amide bonds. The van der Waals surface area contributed by atoms with Crippen LogP contribution in [-0.2, 0) is 0 Å². The lowest BCUT2D eigenvalue weighted by atomic mass is 9.97. The Balaban J connectivity index is 1.96. The van der Waals surface area contributed by atoms with Gasteiger partial charge >= 0.3 is 0 Å². The number of thioether (sulfide) groups is 1. The lowest BCUT2D eigenvalue weighted by Gasteiger charge is -2.36. The SMILES string of the molecule is CSc1ncc2c(n1)-c1ccccc1N(c1ccccc1)C2O. The van der Waals surface area contributed by atoms with Gasteiger partial charge in [-0.3, -0.25) is 0 Å². The number of para-hydroxylation sites is 2. The lowest BCUT2D eigenvalue weighted by Crippen LogP contribution is -2.28. The van der Waals surface area contributed by atoms with E-state index in [9.17, 15) is 5.11 Å². The molecule has 2 heterocycles. The Labute approximate surface area is 138 Å². The van der Waals surface area contributed by atoms with E-state index < -0.39 is 6.23 Å². The minimum Gasteiger partial charge on any atom is -0.369 e. The van der Waals surface area contributed by atoms with Gasteiger partial charge in [-0.15, -0.1) is 0 Å². The summed E-state index contributed by atoms with van der Waals surface area (Å²) in [7, 11) is 0. The van der Waals surface area contributed by atoms with Crippen LogP contribution >= 0.6 is 11.8 Å². The normalized spacial score (nSPS) is 15.9. The van der Waals surface area contributed by atoms with Crippen LogP contribution in [0.4, 0.5) is 11.4 Å². The van der Waals surface area contributed by atoms with Crippen molar-refractivity contribution in [1.82, 2.24) is 9.97 Å². The van der Waals surface area contributed by atoms with Crippen molar-refractivity contribution in [1.29, 1.82) is 0 Å². The largest absolute Gasteiger partial charge is 0.369 e. The Morgan fingerprint density at radius 1 is 1.04 bits per heavy atom. The highest BCUT2D eigenvalue weighted by Gasteiger charge is 2.32. The summed E-state index contributed by atoms with van der Waals surface area (Å²) in [5, 5.41) is 11.6. The summed E-state index contributed by atoms with van der Waals surface area (Å²) < 4.78 is 0. The first-order chi connectivity index (χ1) is 11.3. The average molecular weight is 321 g/mol. The van der Waals surface area contributed by atoms with Crippen LogP contribution in [0.15, 0.2) is 66.0 Å². The standard InChI is InChI=1S/C18H15N3OS/c1-23-18-19-11-14-16(20-18)13-9-5-6-10-15(13)21(17(14)22)12-7-3-2-4-8-12/h2-11,17,22H,1H3.